The van der Waals surface area contributed by atoms with Gasteiger partial charge in [0.1, 0.15) is 5.75 Å². The maximum Gasteiger partial charge on any atom is 0.260 e. The number of aryl methyl sites for hydroxylation is 1. The Labute approximate surface area is 161 Å². The van der Waals surface area contributed by atoms with Crippen molar-refractivity contribution in [1.82, 2.24) is 9.80 Å². The van der Waals surface area contributed by atoms with Crippen LogP contribution in [0.5, 0.6) is 5.75 Å². The summed E-state index contributed by atoms with van der Waals surface area (Å²) < 4.78 is 5.84. The third-order valence-corrected chi connectivity index (χ3v) is 6.60. The first-order valence-electron chi connectivity index (χ1n) is 10.2. The van der Waals surface area contributed by atoms with Gasteiger partial charge in [-0.2, -0.15) is 0 Å². The Morgan fingerprint density at radius 1 is 1.22 bits per heavy atom. The van der Waals surface area contributed by atoms with E-state index < -0.39 is 0 Å². The van der Waals surface area contributed by atoms with E-state index in [4.69, 9.17) is 4.74 Å². The lowest BCUT2D eigenvalue weighted by Gasteiger charge is -2.48. The summed E-state index contributed by atoms with van der Waals surface area (Å²) in [5, 5.41) is 0. The van der Waals surface area contributed by atoms with E-state index in [0.717, 1.165) is 63.1 Å². The van der Waals surface area contributed by atoms with E-state index >= 15 is 0 Å². The topological polar surface area (TPSA) is 49.9 Å². The molecule has 0 aromatic heterocycles. The van der Waals surface area contributed by atoms with E-state index in [1.54, 1.807) is 0 Å². The first-order valence-corrected chi connectivity index (χ1v) is 10.2. The van der Waals surface area contributed by atoms with Crippen LogP contribution in [0.1, 0.15) is 49.7 Å². The van der Waals surface area contributed by atoms with Gasteiger partial charge in [-0.25, -0.2) is 0 Å². The van der Waals surface area contributed by atoms with Gasteiger partial charge in [0.15, 0.2) is 6.61 Å². The molecule has 2 heterocycles. The Balaban J connectivity index is 1.38. The largest absolute Gasteiger partial charge is 0.483 e. The van der Waals surface area contributed by atoms with Crippen LogP contribution in [-0.4, -0.2) is 53.9 Å². The number of hydrogen-bond acceptors (Lipinski definition) is 3. The average molecular weight is 370 g/mol. The third kappa shape index (κ3) is 3.83. The molecule has 2 saturated heterocycles. The van der Waals surface area contributed by atoms with E-state index in [0.29, 0.717) is 18.4 Å². The molecule has 0 bridgehead atoms. The molecule has 5 nitrogen and oxygen atoms in total. The summed E-state index contributed by atoms with van der Waals surface area (Å²) in [5.74, 6) is 1.16. The Hall–Kier alpha value is -2.04. The Bertz CT molecular complexity index is 743. The fourth-order valence-electron chi connectivity index (χ4n) is 4.63. The van der Waals surface area contributed by atoms with E-state index in [1.165, 1.54) is 5.56 Å². The molecule has 0 N–H and O–H groups in total. The molecule has 1 aromatic carbocycles. The average Bonchev–Trinajstić information content (AvgIpc) is 3.50. The van der Waals surface area contributed by atoms with Crippen molar-refractivity contribution in [2.75, 3.05) is 26.2 Å². The Kier molecular flexibility index (Phi) is 4.87. The second kappa shape index (κ2) is 7.17. The molecule has 1 spiro atoms. The number of carbonyl (C=O) groups excluding carboxylic acids is 2. The van der Waals surface area contributed by atoms with Crippen molar-refractivity contribution in [2.45, 2.75) is 58.4 Å². The van der Waals surface area contributed by atoms with Crippen molar-refractivity contribution >= 4 is 11.8 Å². The van der Waals surface area contributed by atoms with Crippen molar-refractivity contribution in [3.8, 4) is 5.75 Å². The van der Waals surface area contributed by atoms with Crippen LogP contribution in [0, 0.1) is 19.3 Å². The Morgan fingerprint density at radius 3 is 2.81 bits per heavy atom. The summed E-state index contributed by atoms with van der Waals surface area (Å²) >= 11 is 0. The minimum absolute atomic E-state index is 0.0600. The fraction of sp³-hybridized carbons (Fsp3) is 0.636. The van der Waals surface area contributed by atoms with Crippen LogP contribution in [0.4, 0.5) is 0 Å². The molecule has 1 saturated carbocycles. The van der Waals surface area contributed by atoms with Crippen molar-refractivity contribution in [3.05, 3.63) is 29.3 Å². The summed E-state index contributed by atoms with van der Waals surface area (Å²) in [7, 11) is 0. The number of piperidine rings is 2. The number of ether oxygens (including phenoxy) is 1. The van der Waals surface area contributed by atoms with E-state index in [2.05, 4.69) is 4.90 Å². The summed E-state index contributed by atoms with van der Waals surface area (Å²) in [6.07, 6.45) is 5.98. The molecule has 1 unspecified atom stereocenters. The molecule has 1 aromatic rings. The van der Waals surface area contributed by atoms with Crippen LogP contribution in [0.15, 0.2) is 18.2 Å². The molecule has 4 rings (SSSR count). The van der Waals surface area contributed by atoms with Gasteiger partial charge in [-0.15, -0.1) is 0 Å². The lowest BCUT2D eigenvalue weighted by Crippen LogP contribution is -2.56. The summed E-state index contributed by atoms with van der Waals surface area (Å²) in [6.45, 7) is 6.56. The van der Waals surface area contributed by atoms with Gasteiger partial charge in [0.05, 0.1) is 0 Å². The zero-order valence-corrected chi connectivity index (χ0v) is 16.5. The van der Waals surface area contributed by atoms with Crippen LogP contribution < -0.4 is 4.74 Å². The molecule has 5 heteroatoms. The minimum atomic E-state index is 0.0600. The van der Waals surface area contributed by atoms with E-state index in [-0.39, 0.29) is 17.9 Å². The van der Waals surface area contributed by atoms with Gasteiger partial charge in [-0.3, -0.25) is 9.59 Å². The van der Waals surface area contributed by atoms with Gasteiger partial charge in [-0.1, -0.05) is 12.1 Å². The Morgan fingerprint density at radius 2 is 2.04 bits per heavy atom. The number of hydrogen-bond donors (Lipinski definition) is 0. The van der Waals surface area contributed by atoms with E-state index in [1.807, 2.05) is 36.9 Å². The quantitative estimate of drug-likeness (QED) is 0.818. The third-order valence-electron chi connectivity index (χ3n) is 6.60. The lowest BCUT2D eigenvalue weighted by molar-refractivity contribution is -0.144. The molecule has 3 fully saturated rings. The number of amides is 2. The molecule has 2 amide bonds. The maximum atomic E-state index is 12.8. The molecule has 1 atom stereocenters. The predicted molar refractivity (Wildman–Crippen MR) is 104 cm³/mol. The van der Waals surface area contributed by atoms with Crippen LogP contribution in [0.2, 0.25) is 0 Å². The highest BCUT2D eigenvalue weighted by Gasteiger charge is 2.46. The number of rotatable bonds is 4. The molecule has 27 heavy (non-hydrogen) atoms. The molecular weight excluding hydrogens is 340 g/mol. The highest BCUT2D eigenvalue weighted by atomic mass is 16.5. The number of carbonyl (C=O) groups is 2. The SMILES string of the molecule is Cc1cccc(OCC(=O)N2CCCC3(CCC(=O)N(C4CC4)C3)C2)c1C. The lowest BCUT2D eigenvalue weighted by atomic mass is 9.73. The van der Waals surface area contributed by atoms with Gasteiger partial charge < -0.3 is 14.5 Å². The second-order valence-electron chi connectivity index (χ2n) is 8.66. The van der Waals surface area contributed by atoms with Crippen LogP contribution in [0.3, 0.4) is 0 Å². The second-order valence-corrected chi connectivity index (χ2v) is 8.66. The number of likely N-dealkylation sites (tertiary alicyclic amines) is 2. The van der Waals surface area contributed by atoms with Gasteiger partial charge in [0.2, 0.25) is 5.91 Å². The smallest absolute Gasteiger partial charge is 0.260 e. The molecule has 3 aliphatic rings. The molecule has 146 valence electrons. The first-order chi connectivity index (χ1) is 13.0. The molecule has 1 aliphatic carbocycles. The standard InChI is InChI=1S/C22H30N2O3/c1-16-5-3-6-19(17(16)2)27-13-21(26)23-12-4-10-22(14-23)11-9-20(25)24(15-22)18-7-8-18/h3,5-6,18H,4,7-15H2,1-2H3. The van der Waals surface area contributed by atoms with Gasteiger partial charge in [0.25, 0.3) is 5.91 Å². The molecular formula is C22H30N2O3. The first kappa shape index (κ1) is 18.3. The monoisotopic (exact) mass is 370 g/mol. The zero-order valence-electron chi connectivity index (χ0n) is 16.5. The van der Waals surface area contributed by atoms with Crippen molar-refractivity contribution in [3.63, 3.8) is 0 Å². The van der Waals surface area contributed by atoms with Gasteiger partial charge in [-0.05, 0) is 63.1 Å². The van der Waals surface area contributed by atoms with Gasteiger partial charge >= 0.3 is 0 Å². The predicted octanol–water partition coefficient (Wildman–Crippen LogP) is 3.08. The number of benzene rings is 1. The van der Waals surface area contributed by atoms with Crippen molar-refractivity contribution < 1.29 is 14.3 Å². The fourth-order valence-corrected chi connectivity index (χ4v) is 4.63. The van der Waals surface area contributed by atoms with Crippen LogP contribution in [-0.2, 0) is 9.59 Å². The molecule has 0 radical (unpaired) electrons. The highest BCUT2D eigenvalue weighted by molar-refractivity contribution is 5.79. The summed E-state index contributed by atoms with van der Waals surface area (Å²) in [5.41, 5.74) is 2.35. The van der Waals surface area contributed by atoms with Crippen molar-refractivity contribution in [2.24, 2.45) is 5.41 Å². The summed E-state index contributed by atoms with van der Waals surface area (Å²) in [6, 6.07) is 6.40. The number of nitrogens with zero attached hydrogens (tertiary/aromatic N) is 2. The van der Waals surface area contributed by atoms with Crippen molar-refractivity contribution in [1.29, 1.82) is 0 Å². The maximum absolute atomic E-state index is 12.8. The van der Waals surface area contributed by atoms with Crippen LogP contribution >= 0.6 is 0 Å². The normalized spacial score (nSPS) is 25.8. The van der Waals surface area contributed by atoms with Crippen LogP contribution in [0.25, 0.3) is 0 Å². The zero-order chi connectivity index (χ0) is 19.0. The highest BCUT2D eigenvalue weighted by Crippen LogP contribution is 2.42. The minimum Gasteiger partial charge on any atom is -0.483 e. The molecule has 2 aliphatic heterocycles. The van der Waals surface area contributed by atoms with Gasteiger partial charge in [0, 0.05) is 37.5 Å². The summed E-state index contributed by atoms with van der Waals surface area (Å²) in [4.78, 5) is 29.1. The van der Waals surface area contributed by atoms with E-state index in [9.17, 15) is 9.59 Å².